The van der Waals surface area contributed by atoms with Crippen molar-refractivity contribution in [2.24, 2.45) is 0 Å². The molecule has 1 aliphatic rings. The molecule has 1 heterocycles. The lowest BCUT2D eigenvalue weighted by Crippen LogP contribution is -2.54. The van der Waals surface area contributed by atoms with Crippen molar-refractivity contribution in [3.05, 3.63) is 95.9 Å². The number of nitrogens with one attached hydrogen (secondary N) is 1. The first-order chi connectivity index (χ1) is 17.1. The van der Waals surface area contributed by atoms with Gasteiger partial charge in [-0.25, -0.2) is 9.69 Å². The van der Waals surface area contributed by atoms with Crippen LogP contribution in [0.15, 0.2) is 54.1 Å². The van der Waals surface area contributed by atoms with Crippen LogP contribution in [0.25, 0.3) is 6.08 Å². The molecule has 0 bridgehead atoms. The summed E-state index contributed by atoms with van der Waals surface area (Å²) < 4.78 is 5.75. The van der Waals surface area contributed by atoms with E-state index in [1.54, 1.807) is 43.3 Å². The fourth-order valence-corrected chi connectivity index (χ4v) is 4.72. The standard InChI is InChI=1S/C25H15Cl5N2O4/c1-12-17(27)3-2-4-21(12)32-24(34)16(23(33)31-25(32)35)7-13-8-19(29)22(20(30)9-13)36-11-14-5-6-15(26)10-18(14)28/h2-10H,11H2,1H3,(H,31,33,35)/b16-7+. The summed E-state index contributed by atoms with van der Waals surface area (Å²) in [7, 11) is 0. The second-order valence-electron chi connectivity index (χ2n) is 7.68. The smallest absolute Gasteiger partial charge is 0.335 e. The van der Waals surface area contributed by atoms with Crippen molar-refractivity contribution in [1.29, 1.82) is 0 Å². The van der Waals surface area contributed by atoms with Crippen molar-refractivity contribution in [2.75, 3.05) is 4.90 Å². The van der Waals surface area contributed by atoms with Gasteiger partial charge in [-0.1, -0.05) is 70.1 Å². The molecule has 6 nitrogen and oxygen atoms in total. The average molecular weight is 585 g/mol. The van der Waals surface area contributed by atoms with Gasteiger partial charge in [0.15, 0.2) is 5.75 Å². The summed E-state index contributed by atoms with van der Waals surface area (Å²) in [6.07, 6.45) is 1.29. The van der Waals surface area contributed by atoms with Gasteiger partial charge in [0.2, 0.25) is 0 Å². The van der Waals surface area contributed by atoms with Crippen LogP contribution in [0.3, 0.4) is 0 Å². The van der Waals surface area contributed by atoms with Crippen molar-refractivity contribution in [1.82, 2.24) is 5.32 Å². The number of nitrogens with zero attached hydrogens (tertiary/aromatic N) is 1. The van der Waals surface area contributed by atoms with Crippen LogP contribution >= 0.6 is 58.0 Å². The Hall–Kier alpha value is -2.74. The highest BCUT2D eigenvalue weighted by molar-refractivity contribution is 6.40. The van der Waals surface area contributed by atoms with E-state index >= 15 is 0 Å². The third kappa shape index (κ3) is 5.33. The number of carbonyl (C=O) groups excluding carboxylic acids is 3. The molecule has 1 fully saturated rings. The van der Waals surface area contributed by atoms with Crippen LogP contribution in [0.1, 0.15) is 16.7 Å². The number of barbiturate groups is 1. The third-order valence-electron chi connectivity index (χ3n) is 5.30. The normalized spacial score (nSPS) is 14.9. The van der Waals surface area contributed by atoms with Gasteiger partial charge in [0.1, 0.15) is 12.2 Å². The van der Waals surface area contributed by atoms with Crippen LogP contribution in [0.5, 0.6) is 5.75 Å². The minimum atomic E-state index is -0.881. The second kappa shape index (κ2) is 10.7. The second-order valence-corrected chi connectivity index (χ2v) is 9.75. The molecule has 0 spiro atoms. The maximum atomic E-state index is 13.2. The van der Waals surface area contributed by atoms with E-state index in [2.05, 4.69) is 5.32 Å². The molecule has 1 N–H and O–H groups in total. The molecular weight excluding hydrogens is 570 g/mol. The number of ether oxygens (including phenoxy) is 1. The van der Waals surface area contributed by atoms with Crippen LogP contribution in [-0.2, 0) is 16.2 Å². The molecule has 36 heavy (non-hydrogen) atoms. The van der Waals surface area contributed by atoms with Gasteiger partial charge in [0.25, 0.3) is 11.8 Å². The monoisotopic (exact) mass is 582 g/mol. The maximum Gasteiger partial charge on any atom is 0.335 e. The van der Waals surface area contributed by atoms with E-state index in [0.29, 0.717) is 31.8 Å². The molecule has 4 amide bonds. The predicted octanol–water partition coefficient (Wildman–Crippen LogP) is 7.51. The molecule has 0 atom stereocenters. The Labute approximate surface area is 231 Å². The fraction of sp³-hybridized carbons (Fsp3) is 0.0800. The Bertz CT molecular complexity index is 1430. The summed E-state index contributed by atoms with van der Waals surface area (Å²) >= 11 is 31.0. The van der Waals surface area contributed by atoms with Crippen molar-refractivity contribution >= 4 is 87.6 Å². The Morgan fingerprint density at radius 2 is 1.58 bits per heavy atom. The molecule has 11 heteroatoms. The van der Waals surface area contributed by atoms with Crippen LogP contribution in [0, 0.1) is 6.92 Å². The van der Waals surface area contributed by atoms with Crippen molar-refractivity contribution < 1.29 is 19.1 Å². The summed E-state index contributed by atoms with van der Waals surface area (Å²) in [6, 6.07) is 11.8. The van der Waals surface area contributed by atoms with Crippen LogP contribution < -0.4 is 15.0 Å². The van der Waals surface area contributed by atoms with Crippen molar-refractivity contribution in [3.63, 3.8) is 0 Å². The molecule has 0 aliphatic carbocycles. The van der Waals surface area contributed by atoms with Gasteiger partial charge >= 0.3 is 6.03 Å². The molecule has 1 aliphatic heterocycles. The first kappa shape index (κ1) is 26.3. The summed E-state index contributed by atoms with van der Waals surface area (Å²) in [6.45, 7) is 1.74. The average Bonchev–Trinajstić information content (AvgIpc) is 2.80. The number of halogens is 5. The molecular formula is C25H15Cl5N2O4. The first-order valence-electron chi connectivity index (χ1n) is 10.3. The number of benzene rings is 3. The number of anilines is 1. The summed E-state index contributed by atoms with van der Waals surface area (Å²) in [5, 5.41) is 3.73. The lowest BCUT2D eigenvalue weighted by atomic mass is 10.1. The van der Waals surface area contributed by atoms with E-state index in [1.165, 1.54) is 18.2 Å². The highest BCUT2D eigenvalue weighted by Crippen LogP contribution is 2.36. The van der Waals surface area contributed by atoms with E-state index in [4.69, 9.17) is 62.7 Å². The first-order valence-corrected chi connectivity index (χ1v) is 12.2. The summed E-state index contributed by atoms with van der Waals surface area (Å²) in [5.74, 6) is -1.48. The molecule has 184 valence electrons. The molecule has 4 rings (SSSR count). The van der Waals surface area contributed by atoms with E-state index in [1.807, 2.05) is 0 Å². The van der Waals surface area contributed by atoms with Gasteiger partial charge in [-0.2, -0.15) is 0 Å². The van der Waals surface area contributed by atoms with E-state index in [-0.39, 0.29) is 33.7 Å². The Kier molecular flexibility index (Phi) is 7.83. The molecule has 0 radical (unpaired) electrons. The maximum absolute atomic E-state index is 13.2. The number of urea groups is 1. The van der Waals surface area contributed by atoms with Gasteiger partial charge in [0, 0.05) is 20.6 Å². The minimum Gasteiger partial charge on any atom is -0.486 e. The molecule has 0 aromatic heterocycles. The Morgan fingerprint density at radius 3 is 2.25 bits per heavy atom. The summed E-state index contributed by atoms with van der Waals surface area (Å²) in [4.78, 5) is 39.0. The molecule has 0 saturated carbocycles. The predicted molar refractivity (Wildman–Crippen MR) is 142 cm³/mol. The zero-order valence-electron chi connectivity index (χ0n) is 18.4. The zero-order chi connectivity index (χ0) is 26.1. The molecule has 0 unspecified atom stereocenters. The molecule has 3 aromatic rings. The number of hydrogen-bond acceptors (Lipinski definition) is 4. The fourth-order valence-electron chi connectivity index (χ4n) is 3.47. The number of amides is 4. The number of imide groups is 2. The summed E-state index contributed by atoms with van der Waals surface area (Å²) in [5.41, 5.74) is 1.49. The lowest BCUT2D eigenvalue weighted by Gasteiger charge is -2.27. The van der Waals surface area contributed by atoms with E-state index < -0.39 is 17.8 Å². The van der Waals surface area contributed by atoms with Crippen LogP contribution in [-0.4, -0.2) is 17.8 Å². The van der Waals surface area contributed by atoms with Crippen LogP contribution in [0.4, 0.5) is 10.5 Å². The Balaban J connectivity index is 1.63. The highest BCUT2D eigenvalue weighted by Gasteiger charge is 2.37. The van der Waals surface area contributed by atoms with Crippen LogP contribution in [0.2, 0.25) is 25.1 Å². The topological polar surface area (TPSA) is 75.7 Å². The zero-order valence-corrected chi connectivity index (χ0v) is 22.2. The third-order valence-corrected chi connectivity index (χ3v) is 6.86. The van der Waals surface area contributed by atoms with Crippen molar-refractivity contribution in [3.8, 4) is 5.75 Å². The van der Waals surface area contributed by atoms with E-state index in [9.17, 15) is 14.4 Å². The van der Waals surface area contributed by atoms with Gasteiger partial charge in [-0.3, -0.25) is 14.9 Å². The van der Waals surface area contributed by atoms with E-state index in [0.717, 1.165) is 4.90 Å². The highest BCUT2D eigenvalue weighted by atomic mass is 35.5. The van der Waals surface area contributed by atoms with Gasteiger partial charge < -0.3 is 4.74 Å². The molecule has 1 saturated heterocycles. The van der Waals surface area contributed by atoms with Gasteiger partial charge in [-0.05, 0) is 60.5 Å². The van der Waals surface area contributed by atoms with Gasteiger partial charge in [-0.15, -0.1) is 0 Å². The number of carbonyl (C=O) groups is 3. The number of rotatable bonds is 5. The molecule has 3 aromatic carbocycles. The van der Waals surface area contributed by atoms with Crippen molar-refractivity contribution in [2.45, 2.75) is 13.5 Å². The minimum absolute atomic E-state index is 0.0762. The quantitative estimate of drug-likeness (QED) is 0.249. The van der Waals surface area contributed by atoms with Gasteiger partial charge in [0.05, 0.1) is 15.7 Å². The SMILES string of the molecule is Cc1c(Cl)cccc1N1C(=O)NC(=O)/C(=C\c2cc(Cl)c(OCc3ccc(Cl)cc3Cl)c(Cl)c2)C1=O. The number of hydrogen-bond donors (Lipinski definition) is 1. The largest absolute Gasteiger partial charge is 0.486 e. The lowest BCUT2D eigenvalue weighted by molar-refractivity contribution is -0.122. The Morgan fingerprint density at radius 1 is 0.889 bits per heavy atom.